The molecule has 3 aromatic rings. The molecule has 0 bridgehead atoms. The Morgan fingerprint density at radius 1 is 0.923 bits per heavy atom. The molecule has 2 amide bonds. The molecule has 0 aliphatic carbocycles. The lowest BCUT2D eigenvalue weighted by atomic mass is 9.83. The van der Waals surface area contributed by atoms with E-state index in [4.69, 9.17) is 9.47 Å². The summed E-state index contributed by atoms with van der Waals surface area (Å²) in [5, 5.41) is 11.5. The summed E-state index contributed by atoms with van der Waals surface area (Å²) in [6, 6.07) is 16.4. The van der Waals surface area contributed by atoms with Crippen LogP contribution in [0.2, 0.25) is 0 Å². The van der Waals surface area contributed by atoms with E-state index in [0.29, 0.717) is 11.3 Å². The molecule has 3 heterocycles. The lowest BCUT2D eigenvalue weighted by molar-refractivity contribution is -0.384. The van der Waals surface area contributed by atoms with Gasteiger partial charge in [-0.1, -0.05) is 24.3 Å². The lowest BCUT2D eigenvalue weighted by Crippen LogP contribution is -2.44. The highest BCUT2D eigenvalue weighted by Gasteiger charge is 2.64. The van der Waals surface area contributed by atoms with Crippen molar-refractivity contribution in [1.29, 1.82) is 0 Å². The normalized spacial score (nSPS) is 22.8. The maximum Gasteiger partial charge on any atom is 0.271 e. The number of carbonyl (C=O) groups is 3. The molecule has 0 aromatic heterocycles. The number of ketones is 1. The number of fused-ring (bicyclic) bond motifs is 5. The Morgan fingerprint density at radius 2 is 1.64 bits per heavy atom. The first-order valence-electron chi connectivity index (χ1n) is 12.3. The van der Waals surface area contributed by atoms with Gasteiger partial charge in [-0.3, -0.25) is 24.5 Å². The van der Waals surface area contributed by atoms with Crippen LogP contribution in [0, 0.1) is 22.0 Å². The molecular formula is C29H23N3O7. The topological polar surface area (TPSA) is 119 Å². The summed E-state index contributed by atoms with van der Waals surface area (Å²) in [5.41, 5.74) is 1.79. The standard InChI is InChI=1S/C29H23N3O7/c1-38-19-10-7-17(8-11-19)27(33)26-24-23(25-20-6-4-3-5-16(20)13-14-30(25)26)28(34)31(29(24)35)21-15-18(32(36)37)9-12-22(21)39-2/h3-15,23-26H,1-2H3/t23-,24+,25-,26-/m0/s1. The van der Waals surface area contributed by atoms with Gasteiger partial charge in [-0.15, -0.1) is 0 Å². The molecule has 0 radical (unpaired) electrons. The minimum absolute atomic E-state index is 0.0158. The molecule has 39 heavy (non-hydrogen) atoms. The van der Waals surface area contributed by atoms with Crippen LogP contribution in [0.15, 0.2) is 72.9 Å². The summed E-state index contributed by atoms with van der Waals surface area (Å²) in [7, 11) is 2.88. The van der Waals surface area contributed by atoms with E-state index in [-0.39, 0.29) is 22.9 Å². The molecular weight excluding hydrogens is 502 g/mol. The van der Waals surface area contributed by atoms with Gasteiger partial charge in [0.05, 0.1) is 37.0 Å². The number of Topliss-reactive ketones (excluding diaryl/α,β-unsaturated/α-hetero) is 1. The number of hydrogen-bond donors (Lipinski definition) is 0. The van der Waals surface area contributed by atoms with Gasteiger partial charge < -0.3 is 14.4 Å². The number of nitrogens with zero attached hydrogens (tertiary/aromatic N) is 3. The number of nitro groups is 1. The van der Waals surface area contributed by atoms with Gasteiger partial charge in [0.25, 0.3) is 5.69 Å². The number of carbonyl (C=O) groups excluding carboxylic acids is 3. The summed E-state index contributed by atoms with van der Waals surface area (Å²) < 4.78 is 10.6. The fourth-order valence-corrected chi connectivity index (χ4v) is 5.99. The van der Waals surface area contributed by atoms with Crippen LogP contribution < -0.4 is 14.4 Å². The number of imide groups is 1. The van der Waals surface area contributed by atoms with E-state index in [0.717, 1.165) is 22.1 Å². The van der Waals surface area contributed by atoms with Crippen molar-refractivity contribution < 1.29 is 28.8 Å². The molecule has 0 N–H and O–H groups in total. The van der Waals surface area contributed by atoms with Crippen LogP contribution in [0.3, 0.4) is 0 Å². The van der Waals surface area contributed by atoms with Crippen molar-refractivity contribution in [2.45, 2.75) is 12.1 Å². The van der Waals surface area contributed by atoms with E-state index < -0.39 is 40.7 Å². The summed E-state index contributed by atoms with van der Waals surface area (Å²) in [4.78, 5) is 55.9. The zero-order chi connectivity index (χ0) is 27.4. The predicted octanol–water partition coefficient (Wildman–Crippen LogP) is 4.01. The number of ether oxygens (including phenoxy) is 2. The predicted molar refractivity (Wildman–Crippen MR) is 140 cm³/mol. The molecule has 2 fully saturated rings. The Hall–Kier alpha value is -4.99. The average molecular weight is 526 g/mol. The van der Waals surface area contributed by atoms with E-state index in [1.165, 1.54) is 26.4 Å². The second-order valence-corrected chi connectivity index (χ2v) is 9.55. The zero-order valence-corrected chi connectivity index (χ0v) is 21.0. The first-order valence-corrected chi connectivity index (χ1v) is 12.3. The van der Waals surface area contributed by atoms with Gasteiger partial charge in [0.15, 0.2) is 5.78 Å². The van der Waals surface area contributed by atoms with Crippen molar-refractivity contribution >= 4 is 35.0 Å². The van der Waals surface area contributed by atoms with Crippen molar-refractivity contribution in [2.75, 3.05) is 19.1 Å². The second-order valence-electron chi connectivity index (χ2n) is 9.55. The Morgan fingerprint density at radius 3 is 2.33 bits per heavy atom. The molecule has 0 spiro atoms. The van der Waals surface area contributed by atoms with Gasteiger partial charge in [0, 0.05) is 23.9 Å². The highest BCUT2D eigenvalue weighted by atomic mass is 16.6. The lowest BCUT2D eigenvalue weighted by Gasteiger charge is -2.35. The molecule has 4 atom stereocenters. The Kier molecular flexibility index (Phi) is 5.67. The average Bonchev–Trinajstić information content (AvgIpc) is 3.44. The Labute approximate surface area is 223 Å². The number of non-ortho nitro benzene ring substituents is 1. The molecule has 196 valence electrons. The molecule has 3 aliphatic rings. The maximum atomic E-state index is 14.1. The number of methoxy groups -OCH3 is 2. The van der Waals surface area contributed by atoms with Crippen LogP contribution in [-0.2, 0) is 9.59 Å². The van der Waals surface area contributed by atoms with E-state index >= 15 is 0 Å². The van der Waals surface area contributed by atoms with Gasteiger partial charge >= 0.3 is 0 Å². The van der Waals surface area contributed by atoms with Crippen LogP contribution in [0.25, 0.3) is 6.08 Å². The fourth-order valence-electron chi connectivity index (χ4n) is 5.99. The number of nitro benzene ring substituents is 1. The monoisotopic (exact) mass is 525 g/mol. The number of rotatable bonds is 6. The second kappa shape index (κ2) is 9.09. The van der Waals surface area contributed by atoms with Crippen LogP contribution in [0.1, 0.15) is 27.5 Å². The van der Waals surface area contributed by atoms with Crippen molar-refractivity contribution in [3.05, 3.63) is 99.7 Å². The van der Waals surface area contributed by atoms with E-state index in [2.05, 4.69) is 0 Å². The molecule has 2 saturated heterocycles. The quantitative estimate of drug-likeness (QED) is 0.205. The van der Waals surface area contributed by atoms with Gasteiger partial charge in [-0.05, 0) is 47.5 Å². The first-order chi connectivity index (χ1) is 18.8. The molecule has 3 aromatic carbocycles. The molecule has 0 saturated carbocycles. The van der Waals surface area contributed by atoms with E-state index in [1.807, 2.05) is 35.2 Å². The number of hydrogen-bond acceptors (Lipinski definition) is 8. The summed E-state index contributed by atoms with van der Waals surface area (Å²) in [6.45, 7) is 0. The zero-order valence-electron chi connectivity index (χ0n) is 21.0. The molecule has 3 aliphatic heterocycles. The molecule has 10 heteroatoms. The van der Waals surface area contributed by atoms with Crippen LogP contribution in [0.4, 0.5) is 11.4 Å². The molecule has 10 nitrogen and oxygen atoms in total. The van der Waals surface area contributed by atoms with Crippen molar-refractivity contribution in [3.63, 3.8) is 0 Å². The maximum absolute atomic E-state index is 14.1. The van der Waals surface area contributed by atoms with Gasteiger partial charge in [0.1, 0.15) is 23.2 Å². The van der Waals surface area contributed by atoms with Crippen LogP contribution in [0.5, 0.6) is 11.5 Å². The highest BCUT2D eigenvalue weighted by molar-refractivity contribution is 6.25. The van der Waals surface area contributed by atoms with E-state index in [1.54, 1.807) is 30.5 Å². The summed E-state index contributed by atoms with van der Waals surface area (Å²) in [6.07, 6.45) is 3.65. The first kappa shape index (κ1) is 24.4. The van der Waals surface area contributed by atoms with Gasteiger partial charge in [0.2, 0.25) is 11.8 Å². The number of benzene rings is 3. The van der Waals surface area contributed by atoms with Crippen molar-refractivity contribution in [3.8, 4) is 11.5 Å². The SMILES string of the molecule is COc1ccc(C(=O)[C@@H]2[C@@H]3C(=O)N(c4cc([N+](=O)[O-])ccc4OC)C(=O)[C@@H]3[C@@H]3c4ccccc4C=CN23)cc1. The smallest absolute Gasteiger partial charge is 0.271 e. The molecule has 6 rings (SSSR count). The third kappa shape index (κ3) is 3.59. The highest BCUT2D eigenvalue weighted by Crippen LogP contribution is 2.54. The number of amides is 2. The minimum Gasteiger partial charge on any atom is -0.497 e. The van der Waals surface area contributed by atoms with E-state index in [9.17, 15) is 24.5 Å². The summed E-state index contributed by atoms with van der Waals surface area (Å²) >= 11 is 0. The third-order valence-corrected chi connectivity index (χ3v) is 7.72. The van der Waals surface area contributed by atoms with Gasteiger partial charge in [-0.25, -0.2) is 4.90 Å². The van der Waals surface area contributed by atoms with Crippen LogP contribution >= 0.6 is 0 Å². The fraction of sp³-hybridized carbons (Fsp3) is 0.207. The minimum atomic E-state index is -1.02. The third-order valence-electron chi connectivity index (χ3n) is 7.72. The van der Waals surface area contributed by atoms with Crippen molar-refractivity contribution in [2.24, 2.45) is 11.8 Å². The van der Waals surface area contributed by atoms with Crippen molar-refractivity contribution in [1.82, 2.24) is 4.90 Å². The number of anilines is 1. The Bertz CT molecular complexity index is 1570. The van der Waals surface area contributed by atoms with Crippen LogP contribution in [-0.4, -0.2) is 47.7 Å². The molecule has 0 unspecified atom stereocenters. The largest absolute Gasteiger partial charge is 0.497 e. The summed E-state index contributed by atoms with van der Waals surface area (Å²) in [5.74, 6) is -2.63. The Balaban J connectivity index is 1.50. The van der Waals surface area contributed by atoms with Gasteiger partial charge in [-0.2, -0.15) is 0 Å².